The number of halogens is 1. The third-order valence-electron chi connectivity index (χ3n) is 4.04. The summed E-state index contributed by atoms with van der Waals surface area (Å²) in [5.74, 6) is 0.343. The van der Waals surface area contributed by atoms with Crippen LogP contribution in [0, 0.1) is 5.41 Å². The SMILES string of the molecule is CC1(C)CCN(C(=O)[C@H]2CCCCN2)CC1.Cl. The van der Waals surface area contributed by atoms with Crippen LogP contribution < -0.4 is 5.32 Å². The number of rotatable bonds is 1. The van der Waals surface area contributed by atoms with E-state index in [4.69, 9.17) is 0 Å². The molecule has 1 N–H and O–H groups in total. The van der Waals surface area contributed by atoms with Gasteiger partial charge in [0.1, 0.15) is 0 Å². The van der Waals surface area contributed by atoms with E-state index in [9.17, 15) is 4.79 Å². The number of amides is 1. The zero-order valence-electron chi connectivity index (χ0n) is 11.0. The van der Waals surface area contributed by atoms with Crippen molar-refractivity contribution in [1.82, 2.24) is 10.2 Å². The molecule has 1 amide bonds. The summed E-state index contributed by atoms with van der Waals surface area (Å²) in [5.41, 5.74) is 0.427. The zero-order valence-corrected chi connectivity index (χ0v) is 11.8. The van der Waals surface area contributed by atoms with Crippen molar-refractivity contribution in [2.24, 2.45) is 5.41 Å². The third-order valence-corrected chi connectivity index (χ3v) is 4.04. The normalized spacial score (nSPS) is 28.4. The topological polar surface area (TPSA) is 32.3 Å². The molecule has 0 spiro atoms. The van der Waals surface area contributed by atoms with Gasteiger partial charge in [0.15, 0.2) is 0 Å². The molecule has 0 aromatic carbocycles. The third kappa shape index (κ3) is 3.85. The lowest BCUT2D eigenvalue weighted by molar-refractivity contribution is -0.136. The van der Waals surface area contributed by atoms with E-state index >= 15 is 0 Å². The lowest BCUT2D eigenvalue weighted by Gasteiger charge is -2.39. The molecule has 2 aliphatic rings. The van der Waals surface area contributed by atoms with Gasteiger partial charge in [0.05, 0.1) is 6.04 Å². The molecule has 0 unspecified atom stereocenters. The van der Waals surface area contributed by atoms with Crippen LogP contribution in [0.1, 0.15) is 46.0 Å². The molecule has 2 aliphatic heterocycles. The zero-order chi connectivity index (χ0) is 11.6. The Kier molecular flexibility index (Phi) is 5.26. The molecule has 0 aromatic heterocycles. The molecule has 2 heterocycles. The lowest BCUT2D eigenvalue weighted by Crippen LogP contribution is -2.51. The minimum Gasteiger partial charge on any atom is -0.341 e. The summed E-state index contributed by atoms with van der Waals surface area (Å²) in [6, 6.07) is 0.106. The fraction of sp³-hybridized carbons (Fsp3) is 0.923. The van der Waals surface area contributed by atoms with E-state index in [1.54, 1.807) is 0 Å². The summed E-state index contributed by atoms with van der Waals surface area (Å²) in [4.78, 5) is 14.3. The fourth-order valence-electron chi connectivity index (χ4n) is 2.62. The maximum absolute atomic E-state index is 12.2. The van der Waals surface area contributed by atoms with Crippen LogP contribution in [0.15, 0.2) is 0 Å². The van der Waals surface area contributed by atoms with Gasteiger partial charge in [-0.2, -0.15) is 0 Å². The van der Waals surface area contributed by atoms with E-state index in [-0.39, 0.29) is 18.4 Å². The van der Waals surface area contributed by atoms with Crippen molar-refractivity contribution in [2.45, 2.75) is 52.0 Å². The Bertz CT molecular complexity index is 252. The first-order chi connectivity index (χ1) is 7.58. The molecule has 0 saturated carbocycles. The Labute approximate surface area is 111 Å². The van der Waals surface area contributed by atoms with Gasteiger partial charge in [-0.15, -0.1) is 12.4 Å². The largest absolute Gasteiger partial charge is 0.341 e. The minimum atomic E-state index is 0. The summed E-state index contributed by atoms with van der Waals surface area (Å²) < 4.78 is 0. The maximum Gasteiger partial charge on any atom is 0.239 e. The first kappa shape index (κ1) is 14.8. The summed E-state index contributed by atoms with van der Waals surface area (Å²) >= 11 is 0. The van der Waals surface area contributed by atoms with E-state index in [0.29, 0.717) is 11.3 Å². The maximum atomic E-state index is 12.2. The van der Waals surface area contributed by atoms with Crippen molar-refractivity contribution in [3.05, 3.63) is 0 Å². The average Bonchev–Trinajstić information content (AvgIpc) is 2.29. The number of hydrogen-bond donors (Lipinski definition) is 1. The van der Waals surface area contributed by atoms with Gasteiger partial charge >= 0.3 is 0 Å². The molecule has 0 bridgehead atoms. The van der Waals surface area contributed by atoms with Gasteiger partial charge in [0.25, 0.3) is 0 Å². The van der Waals surface area contributed by atoms with Gasteiger partial charge in [-0.1, -0.05) is 20.3 Å². The van der Waals surface area contributed by atoms with Crippen LogP contribution in [-0.4, -0.2) is 36.5 Å². The van der Waals surface area contributed by atoms with Gasteiger partial charge in [-0.3, -0.25) is 4.79 Å². The first-order valence-electron chi connectivity index (χ1n) is 6.61. The van der Waals surface area contributed by atoms with Gasteiger partial charge < -0.3 is 10.2 Å². The number of carbonyl (C=O) groups is 1. The summed E-state index contributed by atoms with van der Waals surface area (Å²) in [6.45, 7) is 7.51. The Hall–Kier alpha value is -0.280. The number of nitrogens with one attached hydrogen (secondary N) is 1. The average molecular weight is 261 g/mol. The van der Waals surface area contributed by atoms with Crippen LogP contribution in [0.2, 0.25) is 0 Å². The molecular formula is C13H25ClN2O. The van der Waals surface area contributed by atoms with Crippen molar-refractivity contribution in [1.29, 1.82) is 0 Å². The molecule has 100 valence electrons. The second-order valence-corrected chi connectivity index (χ2v) is 5.99. The number of hydrogen-bond acceptors (Lipinski definition) is 2. The molecule has 0 aromatic rings. The number of piperidine rings is 2. The highest BCUT2D eigenvalue weighted by molar-refractivity contribution is 5.85. The number of carbonyl (C=O) groups excluding carboxylic acids is 1. The monoisotopic (exact) mass is 260 g/mol. The van der Waals surface area contributed by atoms with Crippen LogP contribution in [0.4, 0.5) is 0 Å². The van der Waals surface area contributed by atoms with Gasteiger partial charge in [0, 0.05) is 13.1 Å². The molecule has 0 radical (unpaired) electrons. The second kappa shape index (κ2) is 6.05. The van der Waals surface area contributed by atoms with E-state index in [2.05, 4.69) is 24.1 Å². The molecule has 4 heteroatoms. The highest BCUT2D eigenvalue weighted by Gasteiger charge is 2.31. The molecule has 2 fully saturated rings. The van der Waals surface area contributed by atoms with Gasteiger partial charge in [-0.25, -0.2) is 0 Å². The van der Waals surface area contributed by atoms with Crippen molar-refractivity contribution in [3.63, 3.8) is 0 Å². The Morgan fingerprint density at radius 3 is 2.41 bits per heavy atom. The number of likely N-dealkylation sites (tertiary alicyclic amines) is 1. The van der Waals surface area contributed by atoms with E-state index in [0.717, 1.165) is 38.9 Å². The summed E-state index contributed by atoms with van der Waals surface area (Å²) in [7, 11) is 0. The quantitative estimate of drug-likeness (QED) is 0.784. The molecular weight excluding hydrogens is 236 g/mol. The Morgan fingerprint density at radius 1 is 1.24 bits per heavy atom. The van der Waals surface area contributed by atoms with Crippen molar-refractivity contribution >= 4 is 18.3 Å². The van der Waals surface area contributed by atoms with Crippen LogP contribution in [0.5, 0.6) is 0 Å². The van der Waals surface area contributed by atoms with Crippen molar-refractivity contribution < 1.29 is 4.79 Å². The summed E-state index contributed by atoms with van der Waals surface area (Å²) in [6.07, 6.45) is 5.73. The highest BCUT2D eigenvalue weighted by atomic mass is 35.5. The van der Waals surface area contributed by atoms with E-state index in [1.807, 2.05) is 0 Å². The standard InChI is InChI=1S/C13H24N2O.ClH/c1-13(2)6-9-15(10-7-13)12(16)11-5-3-4-8-14-11;/h11,14H,3-10H2,1-2H3;1H/t11-;/m1./s1. The van der Waals surface area contributed by atoms with Crippen molar-refractivity contribution in [2.75, 3.05) is 19.6 Å². The molecule has 3 nitrogen and oxygen atoms in total. The van der Waals surface area contributed by atoms with E-state index < -0.39 is 0 Å². The van der Waals surface area contributed by atoms with E-state index in [1.165, 1.54) is 12.8 Å². The molecule has 2 saturated heterocycles. The van der Waals surface area contributed by atoms with Gasteiger partial charge in [0.2, 0.25) is 5.91 Å². The molecule has 2 rings (SSSR count). The predicted molar refractivity (Wildman–Crippen MR) is 72.5 cm³/mol. The second-order valence-electron chi connectivity index (χ2n) is 5.99. The first-order valence-corrected chi connectivity index (χ1v) is 6.61. The summed E-state index contributed by atoms with van der Waals surface area (Å²) in [5, 5.41) is 3.35. The van der Waals surface area contributed by atoms with Crippen molar-refractivity contribution in [3.8, 4) is 0 Å². The molecule has 1 atom stereocenters. The minimum absolute atomic E-state index is 0. The highest BCUT2D eigenvalue weighted by Crippen LogP contribution is 2.30. The fourth-order valence-corrected chi connectivity index (χ4v) is 2.62. The predicted octanol–water partition coefficient (Wildman–Crippen LogP) is 2.20. The number of nitrogens with zero attached hydrogens (tertiary/aromatic N) is 1. The molecule has 0 aliphatic carbocycles. The Morgan fingerprint density at radius 2 is 1.88 bits per heavy atom. The van der Waals surface area contributed by atoms with Crippen LogP contribution in [0.3, 0.4) is 0 Å². The Balaban J connectivity index is 0.00000144. The van der Waals surface area contributed by atoms with Crippen LogP contribution in [0.25, 0.3) is 0 Å². The van der Waals surface area contributed by atoms with Gasteiger partial charge in [-0.05, 0) is 37.6 Å². The molecule has 17 heavy (non-hydrogen) atoms. The lowest BCUT2D eigenvalue weighted by atomic mass is 9.82. The van der Waals surface area contributed by atoms with Crippen LogP contribution in [-0.2, 0) is 4.79 Å². The smallest absolute Gasteiger partial charge is 0.239 e. The van der Waals surface area contributed by atoms with Crippen LogP contribution >= 0.6 is 12.4 Å².